The van der Waals surface area contributed by atoms with Gasteiger partial charge in [0.2, 0.25) is 0 Å². The molecule has 1 aliphatic heterocycles. The van der Waals surface area contributed by atoms with E-state index in [-0.39, 0.29) is 11.3 Å². The van der Waals surface area contributed by atoms with Gasteiger partial charge in [0.05, 0.1) is 11.6 Å². The highest BCUT2D eigenvalue weighted by atomic mass is 79.9. The van der Waals surface area contributed by atoms with Crippen LogP contribution in [0.2, 0.25) is 0 Å². The number of aliphatic hydroxyl groups is 1. The Morgan fingerprint density at radius 2 is 1.78 bits per heavy atom. The quantitative estimate of drug-likeness (QED) is 0.327. The summed E-state index contributed by atoms with van der Waals surface area (Å²) < 4.78 is 5.97. The molecule has 1 saturated heterocycles. The van der Waals surface area contributed by atoms with Crippen LogP contribution >= 0.6 is 15.9 Å². The van der Waals surface area contributed by atoms with Crippen LogP contribution in [0.5, 0.6) is 0 Å². The fourth-order valence-electron chi connectivity index (χ4n) is 3.23. The number of hydrogen-bond donors (Lipinski definition) is 1. The first-order valence-electron chi connectivity index (χ1n) is 8.63. The van der Waals surface area contributed by atoms with Crippen LogP contribution in [0, 0.1) is 0 Å². The predicted molar refractivity (Wildman–Crippen MR) is 106 cm³/mol. The standard InChI is InChI=1S/C21H20BrNO4/c1-27-13-5-12-23-18(14-8-10-16(22)11-9-14)17(20(25)21(23)26)19(24)15-6-3-2-4-7-15/h2-4,6-11,18,24H,5,12-13H2,1H3/b19-17+/t18-/m1/s1. The Kier molecular flexibility index (Phi) is 6.08. The molecule has 1 amide bonds. The molecule has 140 valence electrons. The van der Waals surface area contributed by atoms with Gasteiger partial charge in [-0.2, -0.15) is 0 Å². The first-order valence-corrected chi connectivity index (χ1v) is 9.42. The van der Waals surface area contributed by atoms with Crippen LogP contribution < -0.4 is 0 Å². The highest BCUT2D eigenvalue weighted by molar-refractivity contribution is 9.10. The second-order valence-electron chi connectivity index (χ2n) is 6.26. The molecule has 1 atom stereocenters. The molecule has 27 heavy (non-hydrogen) atoms. The zero-order chi connectivity index (χ0) is 19.4. The van der Waals surface area contributed by atoms with E-state index in [1.165, 1.54) is 4.90 Å². The largest absolute Gasteiger partial charge is 0.507 e. The van der Waals surface area contributed by atoms with Crippen molar-refractivity contribution in [2.75, 3.05) is 20.3 Å². The van der Waals surface area contributed by atoms with Gasteiger partial charge in [0, 0.05) is 30.3 Å². The van der Waals surface area contributed by atoms with Crippen molar-refractivity contribution in [3.63, 3.8) is 0 Å². The second-order valence-corrected chi connectivity index (χ2v) is 7.17. The maximum atomic E-state index is 12.8. The van der Waals surface area contributed by atoms with E-state index < -0.39 is 17.7 Å². The first kappa shape index (κ1) is 19.3. The number of ether oxygens (including phenoxy) is 1. The van der Waals surface area contributed by atoms with Gasteiger partial charge in [-0.05, 0) is 24.1 Å². The summed E-state index contributed by atoms with van der Waals surface area (Å²) in [5.41, 5.74) is 1.40. The first-order chi connectivity index (χ1) is 13.0. The average Bonchev–Trinajstić information content (AvgIpc) is 2.94. The lowest BCUT2D eigenvalue weighted by molar-refractivity contribution is -0.140. The van der Waals surface area contributed by atoms with Gasteiger partial charge in [0.1, 0.15) is 5.76 Å². The Morgan fingerprint density at radius 3 is 2.41 bits per heavy atom. The maximum absolute atomic E-state index is 12.8. The molecule has 3 rings (SSSR count). The van der Waals surface area contributed by atoms with Crippen molar-refractivity contribution in [3.8, 4) is 0 Å². The number of carbonyl (C=O) groups is 2. The van der Waals surface area contributed by atoms with Crippen molar-refractivity contribution in [3.05, 3.63) is 75.8 Å². The molecule has 0 radical (unpaired) electrons. The van der Waals surface area contributed by atoms with Gasteiger partial charge in [0.25, 0.3) is 11.7 Å². The molecule has 0 unspecified atom stereocenters. The fourth-order valence-corrected chi connectivity index (χ4v) is 3.50. The zero-order valence-electron chi connectivity index (χ0n) is 14.9. The number of Topliss-reactive ketones (excluding diaryl/α,β-unsaturated/α-hetero) is 1. The number of ketones is 1. The van der Waals surface area contributed by atoms with E-state index in [1.807, 2.05) is 30.3 Å². The maximum Gasteiger partial charge on any atom is 0.295 e. The third-order valence-electron chi connectivity index (χ3n) is 4.52. The fraction of sp³-hybridized carbons (Fsp3) is 0.238. The van der Waals surface area contributed by atoms with Crippen LogP contribution in [0.25, 0.3) is 5.76 Å². The lowest BCUT2D eigenvalue weighted by atomic mass is 9.95. The van der Waals surface area contributed by atoms with E-state index in [0.717, 1.165) is 10.0 Å². The zero-order valence-corrected chi connectivity index (χ0v) is 16.5. The summed E-state index contributed by atoms with van der Waals surface area (Å²) in [5.74, 6) is -1.42. The van der Waals surface area contributed by atoms with Crippen LogP contribution in [0.1, 0.15) is 23.6 Å². The molecule has 0 aromatic heterocycles. The minimum Gasteiger partial charge on any atom is -0.507 e. The monoisotopic (exact) mass is 429 g/mol. The number of hydrogen-bond acceptors (Lipinski definition) is 4. The molecule has 1 aliphatic rings. The molecule has 0 saturated carbocycles. The number of carbonyl (C=O) groups excluding carboxylic acids is 2. The van der Waals surface area contributed by atoms with Gasteiger partial charge in [0.15, 0.2) is 0 Å². The summed E-state index contributed by atoms with van der Waals surface area (Å²) in [6.07, 6.45) is 0.599. The van der Waals surface area contributed by atoms with Crippen LogP contribution in [-0.2, 0) is 14.3 Å². The Morgan fingerprint density at radius 1 is 1.11 bits per heavy atom. The Bertz CT molecular complexity index is 862. The SMILES string of the molecule is COCCCN1C(=O)C(=O)/C(=C(/O)c2ccccc2)[C@H]1c1ccc(Br)cc1. The number of likely N-dealkylation sites (tertiary alicyclic amines) is 1. The average molecular weight is 430 g/mol. The molecule has 0 aliphatic carbocycles. The van der Waals surface area contributed by atoms with E-state index in [4.69, 9.17) is 4.74 Å². The summed E-state index contributed by atoms with van der Waals surface area (Å²) >= 11 is 3.40. The molecule has 1 N–H and O–H groups in total. The smallest absolute Gasteiger partial charge is 0.295 e. The highest BCUT2D eigenvalue weighted by Gasteiger charge is 2.45. The highest BCUT2D eigenvalue weighted by Crippen LogP contribution is 2.39. The number of benzene rings is 2. The molecule has 2 aromatic rings. The summed E-state index contributed by atoms with van der Waals surface area (Å²) in [5, 5.41) is 10.8. The van der Waals surface area contributed by atoms with Crippen LogP contribution in [0.3, 0.4) is 0 Å². The molecule has 2 aromatic carbocycles. The van der Waals surface area contributed by atoms with Gasteiger partial charge < -0.3 is 14.7 Å². The lowest BCUT2D eigenvalue weighted by Gasteiger charge is -2.25. The lowest BCUT2D eigenvalue weighted by Crippen LogP contribution is -2.31. The normalized spacial score (nSPS) is 18.9. The van der Waals surface area contributed by atoms with Crippen molar-refractivity contribution >= 4 is 33.4 Å². The predicted octanol–water partition coefficient (Wildman–Crippen LogP) is 3.91. The van der Waals surface area contributed by atoms with E-state index in [0.29, 0.717) is 25.1 Å². The summed E-state index contributed by atoms with van der Waals surface area (Å²) in [7, 11) is 1.59. The Hall–Kier alpha value is -2.44. The number of rotatable bonds is 6. The number of nitrogens with zero attached hydrogens (tertiary/aromatic N) is 1. The summed E-state index contributed by atoms with van der Waals surface area (Å²) in [6, 6.07) is 15.6. The van der Waals surface area contributed by atoms with E-state index in [1.54, 1.807) is 31.4 Å². The van der Waals surface area contributed by atoms with Crippen LogP contribution in [0.15, 0.2) is 64.6 Å². The molecule has 5 nitrogen and oxygen atoms in total. The van der Waals surface area contributed by atoms with E-state index >= 15 is 0 Å². The van der Waals surface area contributed by atoms with Gasteiger partial charge in [-0.3, -0.25) is 9.59 Å². The van der Waals surface area contributed by atoms with Crippen molar-refractivity contribution in [1.29, 1.82) is 0 Å². The van der Waals surface area contributed by atoms with Crippen molar-refractivity contribution in [2.45, 2.75) is 12.5 Å². The topological polar surface area (TPSA) is 66.8 Å². The van der Waals surface area contributed by atoms with Crippen molar-refractivity contribution < 1.29 is 19.4 Å². The summed E-state index contributed by atoms with van der Waals surface area (Å²) in [4.78, 5) is 27.0. The molecular formula is C21H20BrNO4. The van der Waals surface area contributed by atoms with Crippen LogP contribution in [-0.4, -0.2) is 42.0 Å². The minimum absolute atomic E-state index is 0.117. The Labute approximate surface area is 166 Å². The third kappa shape index (κ3) is 3.96. The minimum atomic E-state index is -0.665. The number of amides is 1. The second kappa shape index (κ2) is 8.50. The van der Waals surface area contributed by atoms with Crippen molar-refractivity contribution in [2.24, 2.45) is 0 Å². The number of aliphatic hydroxyl groups excluding tert-OH is 1. The number of methoxy groups -OCH3 is 1. The molecule has 1 heterocycles. The third-order valence-corrected chi connectivity index (χ3v) is 5.05. The van der Waals surface area contributed by atoms with Crippen molar-refractivity contribution in [1.82, 2.24) is 4.90 Å². The van der Waals surface area contributed by atoms with Gasteiger partial charge in [-0.15, -0.1) is 0 Å². The van der Waals surface area contributed by atoms with E-state index in [2.05, 4.69) is 15.9 Å². The molecular weight excluding hydrogens is 410 g/mol. The summed E-state index contributed by atoms with van der Waals surface area (Å²) in [6.45, 7) is 0.847. The molecule has 0 spiro atoms. The number of halogens is 1. The molecule has 0 bridgehead atoms. The molecule has 6 heteroatoms. The Balaban J connectivity index is 2.10. The van der Waals surface area contributed by atoms with Gasteiger partial charge in [-0.1, -0.05) is 58.4 Å². The van der Waals surface area contributed by atoms with Crippen LogP contribution in [0.4, 0.5) is 0 Å². The molecule has 1 fully saturated rings. The van der Waals surface area contributed by atoms with E-state index in [9.17, 15) is 14.7 Å². The van der Waals surface area contributed by atoms with Gasteiger partial charge >= 0.3 is 0 Å². The van der Waals surface area contributed by atoms with Gasteiger partial charge in [-0.25, -0.2) is 0 Å².